The summed E-state index contributed by atoms with van der Waals surface area (Å²) in [6.07, 6.45) is 0.356. The minimum absolute atomic E-state index is 0.0368. The molecule has 0 atom stereocenters. The largest absolute Gasteiger partial charge is 0.496 e. The molecule has 0 saturated carbocycles. The van der Waals surface area contributed by atoms with E-state index in [9.17, 15) is 19.7 Å². The topological polar surface area (TPSA) is 132 Å². The number of carbonyl (C=O) groups is 2. The van der Waals surface area contributed by atoms with Crippen molar-refractivity contribution in [2.45, 2.75) is 13.3 Å². The minimum atomic E-state index is -1.11. The van der Waals surface area contributed by atoms with Crippen LogP contribution in [0.2, 0.25) is 0 Å². The van der Waals surface area contributed by atoms with E-state index < -0.39 is 16.8 Å². The fraction of sp³-hybridized carbons (Fsp3) is 0.267. The van der Waals surface area contributed by atoms with E-state index in [-0.39, 0.29) is 29.2 Å². The number of amides is 1. The maximum Gasteiger partial charge on any atom is 0.355 e. The van der Waals surface area contributed by atoms with Gasteiger partial charge in [-0.3, -0.25) is 14.9 Å². The third-order valence-corrected chi connectivity index (χ3v) is 4.32. The number of nitro groups is 1. The number of thiazole rings is 1. The van der Waals surface area contributed by atoms with Gasteiger partial charge in [0.1, 0.15) is 5.75 Å². The number of nitrogens with zero attached hydrogens (tertiary/aromatic N) is 2. The standard InChI is InChI=1S/C15H15N3O6S/c1-8-11(18(22)23)5-9(6-12(8)24-2)14(19)16-4-3-13-17-10(7-25-13)15(20)21/h5-7H,3-4H2,1-2H3,(H,16,19)(H,20,21). The van der Waals surface area contributed by atoms with Gasteiger partial charge in [-0.15, -0.1) is 11.3 Å². The maximum absolute atomic E-state index is 12.2. The zero-order valence-electron chi connectivity index (χ0n) is 13.4. The Labute approximate surface area is 146 Å². The molecule has 0 fully saturated rings. The first kappa shape index (κ1) is 18.3. The molecule has 0 radical (unpaired) electrons. The van der Waals surface area contributed by atoms with Gasteiger partial charge in [-0.25, -0.2) is 9.78 Å². The average molecular weight is 365 g/mol. The number of carbonyl (C=O) groups excluding carboxylic acids is 1. The highest BCUT2D eigenvalue weighted by Gasteiger charge is 2.20. The molecule has 1 heterocycles. The number of nitro benzene ring substituents is 1. The van der Waals surface area contributed by atoms with Crippen LogP contribution in [0, 0.1) is 17.0 Å². The van der Waals surface area contributed by atoms with E-state index in [0.29, 0.717) is 17.0 Å². The lowest BCUT2D eigenvalue weighted by atomic mass is 10.1. The van der Waals surface area contributed by atoms with Gasteiger partial charge in [0.25, 0.3) is 11.6 Å². The number of aromatic nitrogens is 1. The molecule has 10 heteroatoms. The predicted octanol–water partition coefficient (Wildman–Crippen LogP) is 2.04. The minimum Gasteiger partial charge on any atom is -0.496 e. The van der Waals surface area contributed by atoms with E-state index in [0.717, 1.165) is 0 Å². The number of ether oxygens (including phenoxy) is 1. The van der Waals surface area contributed by atoms with Gasteiger partial charge in [-0.2, -0.15) is 0 Å². The van der Waals surface area contributed by atoms with Crippen LogP contribution in [0.15, 0.2) is 17.5 Å². The van der Waals surface area contributed by atoms with E-state index >= 15 is 0 Å². The number of nitrogens with one attached hydrogen (secondary N) is 1. The molecule has 0 saturated heterocycles. The lowest BCUT2D eigenvalue weighted by Gasteiger charge is -2.09. The third kappa shape index (κ3) is 4.29. The first-order chi connectivity index (χ1) is 11.8. The van der Waals surface area contributed by atoms with Crippen LogP contribution in [-0.2, 0) is 6.42 Å². The summed E-state index contributed by atoms with van der Waals surface area (Å²) in [4.78, 5) is 37.4. The predicted molar refractivity (Wildman–Crippen MR) is 89.5 cm³/mol. The van der Waals surface area contributed by atoms with Crippen molar-refractivity contribution in [3.05, 3.63) is 49.5 Å². The Balaban J connectivity index is 2.06. The molecule has 9 nitrogen and oxygen atoms in total. The van der Waals surface area contributed by atoms with E-state index in [4.69, 9.17) is 9.84 Å². The Morgan fingerprint density at radius 2 is 2.16 bits per heavy atom. The smallest absolute Gasteiger partial charge is 0.355 e. The van der Waals surface area contributed by atoms with Crippen molar-refractivity contribution < 1.29 is 24.4 Å². The number of carboxylic acids is 1. The summed E-state index contributed by atoms with van der Waals surface area (Å²) in [5, 5.41) is 24.5. The molecule has 0 spiro atoms. The Morgan fingerprint density at radius 1 is 1.44 bits per heavy atom. The van der Waals surface area contributed by atoms with E-state index in [1.807, 2.05) is 0 Å². The molecule has 1 amide bonds. The van der Waals surface area contributed by atoms with E-state index in [1.54, 1.807) is 6.92 Å². The molecule has 1 aromatic carbocycles. The van der Waals surface area contributed by atoms with Crippen LogP contribution in [-0.4, -0.2) is 40.5 Å². The second kappa shape index (κ2) is 7.71. The van der Waals surface area contributed by atoms with Gasteiger partial charge in [0.05, 0.1) is 22.6 Å². The third-order valence-electron chi connectivity index (χ3n) is 3.41. The summed E-state index contributed by atoms with van der Waals surface area (Å²) >= 11 is 1.19. The van der Waals surface area contributed by atoms with Crippen molar-refractivity contribution in [1.29, 1.82) is 0 Å². The number of carboxylic acid groups (broad SMARTS) is 1. The lowest BCUT2D eigenvalue weighted by Crippen LogP contribution is -2.26. The molecule has 2 aromatic rings. The molecule has 25 heavy (non-hydrogen) atoms. The van der Waals surface area contributed by atoms with Gasteiger partial charge < -0.3 is 15.2 Å². The van der Waals surface area contributed by atoms with Crippen LogP contribution in [0.25, 0.3) is 0 Å². The number of methoxy groups -OCH3 is 1. The van der Waals surface area contributed by atoms with Crippen molar-refractivity contribution in [2.24, 2.45) is 0 Å². The zero-order chi connectivity index (χ0) is 18.6. The van der Waals surface area contributed by atoms with Crippen molar-refractivity contribution >= 4 is 28.9 Å². The van der Waals surface area contributed by atoms with Gasteiger partial charge in [-0.05, 0) is 13.0 Å². The van der Waals surface area contributed by atoms with Crippen molar-refractivity contribution in [1.82, 2.24) is 10.3 Å². The van der Waals surface area contributed by atoms with Crippen molar-refractivity contribution in [2.75, 3.05) is 13.7 Å². The zero-order valence-corrected chi connectivity index (χ0v) is 14.3. The van der Waals surface area contributed by atoms with Crippen LogP contribution < -0.4 is 10.1 Å². The fourth-order valence-corrected chi connectivity index (χ4v) is 2.89. The Bertz CT molecular complexity index is 833. The number of hydrogen-bond acceptors (Lipinski definition) is 7. The first-order valence-corrected chi connectivity index (χ1v) is 8.00. The fourth-order valence-electron chi connectivity index (χ4n) is 2.11. The molecular weight excluding hydrogens is 350 g/mol. The van der Waals surface area contributed by atoms with Crippen LogP contribution in [0.3, 0.4) is 0 Å². The molecule has 0 bridgehead atoms. The van der Waals surface area contributed by atoms with Gasteiger partial charge >= 0.3 is 5.97 Å². The Hall–Kier alpha value is -3.01. The average Bonchev–Trinajstić information content (AvgIpc) is 3.03. The molecule has 0 aliphatic heterocycles. The quantitative estimate of drug-likeness (QED) is 0.567. The van der Waals surface area contributed by atoms with Crippen LogP contribution in [0.5, 0.6) is 5.75 Å². The second-order valence-electron chi connectivity index (χ2n) is 5.02. The Kier molecular flexibility index (Phi) is 5.65. The molecule has 0 unspecified atom stereocenters. The monoisotopic (exact) mass is 365 g/mol. The van der Waals surface area contributed by atoms with Crippen molar-refractivity contribution in [3.63, 3.8) is 0 Å². The van der Waals surface area contributed by atoms with E-state index in [1.165, 1.54) is 36.0 Å². The second-order valence-corrected chi connectivity index (χ2v) is 5.96. The summed E-state index contributed by atoms with van der Waals surface area (Å²) in [6, 6.07) is 2.63. The lowest BCUT2D eigenvalue weighted by molar-refractivity contribution is -0.385. The number of hydrogen-bond donors (Lipinski definition) is 2. The highest BCUT2D eigenvalue weighted by atomic mass is 32.1. The first-order valence-electron chi connectivity index (χ1n) is 7.12. The highest BCUT2D eigenvalue weighted by molar-refractivity contribution is 7.09. The number of rotatable bonds is 7. The van der Waals surface area contributed by atoms with Gasteiger partial charge in [-0.1, -0.05) is 0 Å². The SMILES string of the molecule is COc1cc(C(=O)NCCc2nc(C(=O)O)cs2)cc([N+](=O)[O-])c1C. The van der Waals surface area contributed by atoms with Gasteiger partial charge in [0, 0.05) is 30.0 Å². The van der Waals surface area contributed by atoms with Gasteiger partial charge in [0.15, 0.2) is 5.69 Å². The van der Waals surface area contributed by atoms with E-state index in [2.05, 4.69) is 10.3 Å². The summed E-state index contributed by atoms with van der Waals surface area (Å²) in [5.41, 5.74) is 0.216. The summed E-state index contributed by atoms with van der Waals surface area (Å²) in [5.74, 6) is -1.34. The molecule has 0 aliphatic carbocycles. The number of benzene rings is 1. The molecular formula is C15H15N3O6S. The normalized spacial score (nSPS) is 10.3. The summed E-state index contributed by atoms with van der Waals surface area (Å²) < 4.78 is 5.08. The highest BCUT2D eigenvalue weighted by Crippen LogP contribution is 2.29. The summed E-state index contributed by atoms with van der Waals surface area (Å²) in [6.45, 7) is 1.76. The Morgan fingerprint density at radius 3 is 2.72 bits per heavy atom. The molecule has 132 valence electrons. The van der Waals surface area contributed by atoms with Crippen molar-refractivity contribution in [3.8, 4) is 5.75 Å². The van der Waals surface area contributed by atoms with Crippen LogP contribution in [0.1, 0.15) is 31.4 Å². The van der Waals surface area contributed by atoms with Gasteiger partial charge in [0.2, 0.25) is 0 Å². The van der Waals surface area contributed by atoms with Crippen LogP contribution >= 0.6 is 11.3 Å². The maximum atomic E-state index is 12.2. The molecule has 2 rings (SSSR count). The molecule has 1 aromatic heterocycles. The summed E-state index contributed by atoms with van der Waals surface area (Å²) in [7, 11) is 1.37. The molecule has 2 N–H and O–H groups in total. The molecule has 0 aliphatic rings. The number of aromatic carboxylic acids is 1. The van der Waals surface area contributed by atoms with Crippen LogP contribution in [0.4, 0.5) is 5.69 Å².